The molecule has 0 amide bonds. The summed E-state index contributed by atoms with van der Waals surface area (Å²) in [5, 5.41) is 0. The summed E-state index contributed by atoms with van der Waals surface area (Å²) in [4.78, 5) is 12.8. The van der Waals surface area contributed by atoms with Crippen LogP contribution in [0, 0.1) is 6.92 Å². The molecule has 7 heteroatoms. The maximum Gasteiger partial charge on any atom is 0.340 e. The molecule has 1 N–H and O–H groups in total. The SMILES string of the molecule is C=C(C(=O)Oc1ccccc1)C(NS(=O)(=O)c1ccc(C)cc1)c1ccc(Br)cc1. The summed E-state index contributed by atoms with van der Waals surface area (Å²) >= 11 is 3.36. The second-order valence-electron chi connectivity index (χ2n) is 6.65. The number of halogens is 1. The van der Waals surface area contributed by atoms with E-state index in [2.05, 4.69) is 27.2 Å². The van der Waals surface area contributed by atoms with E-state index in [4.69, 9.17) is 4.74 Å². The van der Waals surface area contributed by atoms with Crippen LogP contribution in [0.3, 0.4) is 0 Å². The van der Waals surface area contributed by atoms with Gasteiger partial charge in [-0.3, -0.25) is 0 Å². The van der Waals surface area contributed by atoms with E-state index in [1.807, 2.05) is 6.92 Å². The third-order valence-corrected chi connectivity index (χ3v) is 6.34. The highest BCUT2D eigenvalue weighted by molar-refractivity contribution is 9.10. The van der Waals surface area contributed by atoms with Crippen LogP contribution in [-0.2, 0) is 14.8 Å². The number of para-hydroxylation sites is 1. The summed E-state index contributed by atoms with van der Waals surface area (Å²) in [6.45, 7) is 5.70. The molecule has 0 radical (unpaired) electrons. The van der Waals surface area contributed by atoms with Gasteiger partial charge < -0.3 is 4.74 Å². The topological polar surface area (TPSA) is 72.5 Å². The standard InChI is InChI=1S/C23H20BrNO4S/c1-16-8-14-21(15-9-16)30(27,28)25-22(18-10-12-19(24)13-11-18)17(2)23(26)29-20-6-4-3-5-7-20/h3-15,22,25H,2H2,1H3. The Morgan fingerprint density at radius 2 is 1.57 bits per heavy atom. The van der Waals surface area contributed by atoms with E-state index >= 15 is 0 Å². The highest BCUT2D eigenvalue weighted by Crippen LogP contribution is 2.26. The average molecular weight is 486 g/mol. The maximum absolute atomic E-state index is 13.0. The van der Waals surface area contributed by atoms with Crippen molar-refractivity contribution in [1.82, 2.24) is 4.72 Å². The number of benzene rings is 3. The first-order valence-electron chi connectivity index (χ1n) is 9.07. The minimum absolute atomic E-state index is 0.0307. The molecule has 0 saturated heterocycles. The van der Waals surface area contributed by atoms with Crippen molar-refractivity contribution in [2.45, 2.75) is 17.9 Å². The van der Waals surface area contributed by atoms with Crippen molar-refractivity contribution < 1.29 is 17.9 Å². The molecule has 0 heterocycles. The van der Waals surface area contributed by atoms with E-state index in [9.17, 15) is 13.2 Å². The molecule has 0 saturated carbocycles. The van der Waals surface area contributed by atoms with Crippen LogP contribution in [0.25, 0.3) is 0 Å². The van der Waals surface area contributed by atoms with Crippen molar-refractivity contribution >= 4 is 31.9 Å². The number of carbonyl (C=O) groups excluding carboxylic acids is 1. The van der Waals surface area contributed by atoms with Crippen molar-refractivity contribution in [3.63, 3.8) is 0 Å². The first kappa shape index (κ1) is 22.0. The normalized spacial score (nSPS) is 12.2. The van der Waals surface area contributed by atoms with E-state index in [0.29, 0.717) is 11.3 Å². The minimum Gasteiger partial charge on any atom is -0.423 e. The van der Waals surface area contributed by atoms with Gasteiger partial charge in [0.15, 0.2) is 0 Å². The third-order valence-electron chi connectivity index (χ3n) is 4.37. The number of sulfonamides is 1. The number of esters is 1. The highest BCUT2D eigenvalue weighted by atomic mass is 79.9. The molecule has 5 nitrogen and oxygen atoms in total. The molecule has 0 aliphatic heterocycles. The molecule has 3 aromatic carbocycles. The Hall–Kier alpha value is -2.74. The summed E-state index contributed by atoms with van der Waals surface area (Å²) in [7, 11) is -3.92. The van der Waals surface area contributed by atoms with Crippen LogP contribution in [0.1, 0.15) is 17.2 Å². The van der Waals surface area contributed by atoms with Crippen molar-refractivity contribution in [1.29, 1.82) is 0 Å². The van der Waals surface area contributed by atoms with Gasteiger partial charge >= 0.3 is 5.97 Å². The van der Waals surface area contributed by atoms with Crippen molar-refractivity contribution in [2.24, 2.45) is 0 Å². The van der Waals surface area contributed by atoms with Gasteiger partial charge in [-0.25, -0.2) is 13.2 Å². The molecule has 1 atom stereocenters. The van der Waals surface area contributed by atoms with Gasteiger partial charge in [0.1, 0.15) is 5.75 Å². The monoisotopic (exact) mass is 485 g/mol. The zero-order chi connectivity index (χ0) is 21.7. The summed E-state index contributed by atoms with van der Waals surface area (Å²) in [6, 6.07) is 20.9. The smallest absolute Gasteiger partial charge is 0.340 e. The van der Waals surface area contributed by atoms with Crippen LogP contribution < -0.4 is 9.46 Å². The maximum atomic E-state index is 13.0. The first-order chi connectivity index (χ1) is 14.3. The number of nitrogens with one attached hydrogen (secondary N) is 1. The zero-order valence-electron chi connectivity index (χ0n) is 16.2. The fraction of sp³-hybridized carbons (Fsp3) is 0.0870. The summed E-state index contributed by atoms with van der Waals surface area (Å²) in [5.41, 5.74) is 1.47. The van der Waals surface area contributed by atoms with Gasteiger partial charge in [-0.15, -0.1) is 0 Å². The number of rotatable bonds is 7. The van der Waals surface area contributed by atoms with Gasteiger partial charge in [0.2, 0.25) is 10.0 Å². The Morgan fingerprint density at radius 1 is 0.967 bits per heavy atom. The van der Waals surface area contributed by atoms with Crippen molar-refractivity contribution in [3.8, 4) is 5.75 Å². The summed E-state index contributed by atoms with van der Waals surface area (Å²) in [6.07, 6.45) is 0. The van der Waals surface area contributed by atoms with Gasteiger partial charge in [-0.05, 0) is 48.9 Å². The molecule has 30 heavy (non-hydrogen) atoms. The van der Waals surface area contributed by atoms with Gasteiger partial charge in [-0.1, -0.05) is 70.5 Å². The van der Waals surface area contributed by atoms with E-state index in [1.54, 1.807) is 66.7 Å². The van der Waals surface area contributed by atoms with Crippen LogP contribution in [0.15, 0.2) is 100 Å². The first-order valence-corrected chi connectivity index (χ1v) is 11.3. The Bertz CT molecular complexity index is 1140. The lowest BCUT2D eigenvalue weighted by molar-refractivity contribution is -0.130. The summed E-state index contributed by atoms with van der Waals surface area (Å²) < 4.78 is 34.7. The molecule has 0 bridgehead atoms. The van der Waals surface area contributed by atoms with E-state index in [-0.39, 0.29) is 10.5 Å². The number of carbonyl (C=O) groups is 1. The highest BCUT2D eigenvalue weighted by Gasteiger charge is 2.28. The third kappa shape index (κ3) is 5.44. The molecule has 3 aromatic rings. The molecule has 0 aliphatic carbocycles. The molecule has 154 valence electrons. The molecule has 0 aliphatic rings. The Morgan fingerprint density at radius 3 is 2.17 bits per heavy atom. The van der Waals surface area contributed by atoms with Gasteiger partial charge in [0, 0.05) is 4.47 Å². The number of hydrogen-bond donors (Lipinski definition) is 1. The Balaban J connectivity index is 1.92. The van der Waals surface area contributed by atoms with E-state index in [1.165, 1.54) is 12.1 Å². The van der Waals surface area contributed by atoms with Gasteiger partial charge in [-0.2, -0.15) is 4.72 Å². The van der Waals surface area contributed by atoms with Crippen LogP contribution in [0.5, 0.6) is 5.75 Å². The number of aryl methyl sites for hydroxylation is 1. The lowest BCUT2D eigenvalue weighted by atomic mass is 10.0. The molecular formula is C23H20BrNO4S. The number of ether oxygens (including phenoxy) is 1. The molecular weight excluding hydrogens is 466 g/mol. The van der Waals surface area contributed by atoms with E-state index < -0.39 is 22.0 Å². The van der Waals surface area contributed by atoms with E-state index in [0.717, 1.165) is 10.0 Å². The predicted molar refractivity (Wildman–Crippen MR) is 120 cm³/mol. The van der Waals surface area contributed by atoms with Crippen LogP contribution in [0.4, 0.5) is 0 Å². The molecule has 0 aromatic heterocycles. The Kier molecular flexibility index (Phi) is 6.87. The van der Waals surface area contributed by atoms with Crippen molar-refractivity contribution in [3.05, 3.63) is 107 Å². The second kappa shape index (κ2) is 9.38. The second-order valence-corrected chi connectivity index (χ2v) is 9.28. The zero-order valence-corrected chi connectivity index (χ0v) is 18.6. The largest absolute Gasteiger partial charge is 0.423 e. The van der Waals surface area contributed by atoms with Crippen molar-refractivity contribution in [2.75, 3.05) is 0 Å². The van der Waals surface area contributed by atoms with Crippen LogP contribution >= 0.6 is 15.9 Å². The van der Waals surface area contributed by atoms with Gasteiger partial charge in [0.25, 0.3) is 0 Å². The molecule has 0 fully saturated rings. The Labute approximate surface area is 184 Å². The molecule has 1 unspecified atom stereocenters. The lowest BCUT2D eigenvalue weighted by Gasteiger charge is -2.21. The fourth-order valence-electron chi connectivity index (χ4n) is 2.72. The quantitative estimate of drug-likeness (QED) is 0.292. The van der Waals surface area contributed by atoms with Crippen LogP contribution in [-0.4, -0.2) is 14.4 Å². The average Bonchev–Trinajstić information content (AvgIpc) is 2.73. The van der Waals surface area contributed by atoms with Gasteiger partial charge in [0.05, 0.1) is 16.5 Å². The minimum atomic E-state index is -3.92. The molecule has 0 spiro atoms. The predicted octanol–water partition coefficient (Wildman–Crippen LogP) is 4.94. The molecule has 3 rings (SSSR count). The lowest BCUT2D eigenvalue weighted by Crippen LogP contribution is -2.33. The fourth-order valence-corrected chi connectivity index (χ4v) is 4.20. The van der Waals surface area contributed by atoms with Crippen LogP contribution in [0.2, 0.25) is 0 Å². The summed E-state index contributed by atoms with van der Waals surface area (Å²) in [5.74, 6) is -0.375. The number of hydrogen-bond acceptors (Lipinski definition) is 4.